The lowest BCUT2D eigenvalue weighted by Crippen LogP contribution is -2.39. The van der Waals surface area contributed by atoms with Gasteiger partial charge in [-0.25, -0.2) is 0 Å². The second-order valence-electron chi connectivity index (χ2n) is 7.31. The van der Waals surface area contributed by atoms with Crippen molar-refractivity contribution in [3.8, 4) is 5.75 Å². The highest BCUT2D eigenvalue weighted by Gasteiger charge is 2.24. The van der Waals surface area contributed by atoms with E-state index in [0.29, 0.717) is 5.92 Å². The summed E-state index contributed by atoms with van der Waals surface area (Å²) in [6, 6.07) is 18.8. The third-order valence-electron chi connectivity index (χ3n) is 5.17. The summed E-state index contributed by atoms with van der Waals surface area (Å²) in [5.41, 5.74) is 2.48. The van der Waals surface area contributed by atoms with E-state index < -0.39 is 0 Å². The van der Waals surface area contributed by atoms with E-state index in [1.54, 1.807) is 7.11 Å². The van der Waals surface area contributed by atoms with E-state index in [2.05, 4.69) is 71.6 Å². The predicted molar refractivity (Wildman–Crippen MR) is 117 cm³/mol. The first-order chi connectivity index (χ1) is 13.7. The number of para-hydroxylation sites is 2. The number of hydrogen-bond donors (Lipinski definition) is 1. The molecule has 1 unspecified atom stereocenters. The predicted octanol–water partition coefficient (Wildman–Crippen LogP) is 3.62. The Morgan fingerprint density at radius 2 is 1.93 bits per heavy atom. The number of aliphatic imine (C=N–C) groups is 1. The van der Waals surface area contributed by atoms with E-state index in [-0.39, 0.29) is 0 Å². The van der Waals surface area contributed by atoms with Gasteiger partial charge in [0.25, 0.3) is 0 Å². The third-order valence-corrected chi connectivity index (χ3v) is 5.17. The van der Waals surface area contributed by atoms with Crippen molar-refractivity contribution in [3.05, 3.63) is 60.2 Å². The van der Waals surface area contributed by atoms with E-state index in [1.165, 1.54) is 11.3 Å². The van der Waals surface area contributed by atoms with Crippen molar-refractivity contribution in [2.75, 3.05) is 45.2 Å². The van der Waals surface area contributed by atoms with Crippen LogP contribution in [-0.2, 0) is 6.54 Å². The van der Waals surface area contributed by atoms with Crippen molar-refractivity contribution in [1.29, 1.82) is 0 Å². The summed E-state index contributed by atoms with van der Waals surface area (Å²) in [5.74, 6) is 2.48. The number of methoxy groups -OCH3 is 1. The van der Waals surface area contributed by atoms with Gasteiger partial charge in [-0.15, -0.1) is 0 Å². The molecule has 1 saturated heterocycles. The maximum Gasteiger partial charge on any atom is 0.193 e. The molecule has 0 saturated carbocycles. The topological polar surface area (TPSA) is 40.1 Å². The van der Waals surface area contributed by atoms with Gasteiger partial charge in [0.05, 0.1) is 12.8 Å². The zero-order valence-corrected chi connectivity index (χ0v) is 17.3. The number of rotatable bonds is 7. The minimum Gasteiger partial charge on any atom is -0.495 e. The summed E-state index contributed by atoms with van der Waals surface area (Å²) in [6.07, 6.45) is 1.16. The maximum atomic E-state index is 5.53. The number of ether oxygens (including phenoxy) is 1. The number of guanidine groups is 1. The van der Waals surface area contributed by atoms with E-state index in [4.69, 9.17) is 9.73 Å². The summed E-state index contributed by atoms with van der Waals surface area (Å²) in [6.45, 7) is 6.75. The molecule has 1 heterocycles. The smallest absolute Gasteiger partial charge is 0.193 e. The third kappa shape index (κ3) is 5.18. The zero-order valence-electron chi connectivity index (χ0n) is 17.3. The van der Waals surface area contributed by atoms with Gasteiger partial charge in [-0.1, -0.05) is 42.5 Å². The van der Waals surface area contributed by atoms with Gasteiger partial charge < -0.3 is 19.9 Å². The monoisotopic (exact) mass is 380 g/mol. The van der Waals surface area contributed by atoms with Gasteiger partial charge in [0.2, 0.25) is 0 Å². The second-order valence-corrected chi connectivity index (χ2v) is 7.31. The number of nitrogens with zero attached hydrogens (tertiary/aromatic N) is 3. The van der Waals surface area contributed by atoms with Crippen LogP contribution >= 0.6 is 0 Å². The highest BCUT2D eigenvalue weighted by atomic mass is 16.5. The van der Waals surface area contributed by atoms with Gasteiger partial charge in [0.15, 0.2) is 5.96 Å². The van der Waals surface area contributed by atoms with Gasteiger partial charge in [-0.2, -0.15) is 0 Å². The molecule has 0 bridgehead atoms. The fraction of sp³-hybridized carbons (Fsp3) is 0.435. The van der Waals surface area contributed by atoms with Crippen molar-refractivity contribution in [3.63, 3.8) is 0 Å². The van der Waals surface area contributed by atoms with Gasteiger partial charge in [0, 0.05) is 39.8 Å². The van der Waals surface area contributed by atoms with E-state index in [9.17, 15) is 0 Å². The average Bonchev–Trinajstić information content (AvgIpc) is 3.20. The number of nitrogens with one attached hydrogen (secondary N) is 1. The normalized spacial score (nSPS) is 16.9. The largest absolute Gasteiger partial charge is 0.495 e. The molecule has 0 spiro atoms. The molecule has 1 atom stereocenters. The van der Waals surface area contributed by atoms with Crippen LogP contribution < -0.4 is 15.0 Å². The summed E-state index contributed by atoms with van der Waals surface area (Å²) in [5, 5.41) is 3.43. The molecule has 1 aliphatic heterocycles. The van der Waals surface area contributed by atoms with E-state index in [1.807, 2.05) is 12.1 Å². The molecule has 5 heteroatoms. The van der Waals surface area contributed by atoms with Crippen LogP contribution in [0.4, 0.5) is 5.69 Å². The van der Waals surface area contributed by atoms with Crippen LogP contribution in [0.15, 0.2) is 59.6 Å². The Labute approximate surface area is 169 Å². The Morgan fingerprint density at radius 3 is 2.68 bits per heavy atom. The minimum atomic E-state index is 0.559. The SMILES string of the molecule is CCNC(=NCC1CCN(c2ccccc2OC)C1)N(C)Cc1ccccc1. The van der Waals surface area contributed by atoms with Crippen molar-refractivity contribution < 1.29 is 4.74 Å². The molecule has 2 aromatic carbocycles. The average molecular weight is 381 g/mol. The van der Waals surface area contributed by atoms with Gasteiger partial charge in [-0.3, -0.25) is 4.99 Å². The van der Waals surface area contributed by atoms with E-state index >= 15 is 0 Å². The van der Waals surface area contributed by atoms with Crippen LogP contribution in [0.1, 0.15) is 18.9 Å². The van der Waals surface area contributed by atoms with Crippen molar-refractivity contribution in [2.45, 2.75) is 19.9 Å². The maximum absolute atomic E-state index is 5.53. The molecule has 0 amide bonds. The molecule has 0 aliphatic carbocycles. The fourth-order valence-electron chi connectivity index (χ4n) is 3.71. The Kier molecular flexibility index (Phi) is 7.18. The molecule has 1 aliphatic rings. The number of benzene rings is 2. The Morgan fingerprint density at radius 1 is 1.18 bits per heavy atom. The molecule has 0 aromatic heterocycles. The fourth-order valence-corrected chi connectivity index (χ4v) is 3.71. The zero-order chi connectivity index (χ0) is 19.8. The van der Waals surface area contributed by atoms with E-state index in [0.717, 1.165) is 50.9 Å². The van der Waals surface area contributed by atoms with Crippen molar-refractivity contribution >= 4 is 11.6 Å². The molecule has 2 aromatic rings. The number of anilines is 1. The molecule has 1 N–H and O–H groups in total. The van der Waals surface area contributed by atoms with Gasteiger partial charge in [0.1, 0.15) is 5.75 Å². The molecule has 150 valence electrons. The lowest BCUT2D eigenvalue weighted by molar-refractivity contribution is 0.414. The minimum absolute atomic E-state index is 0.559. The van der Waals surface area contributed by atoms with Crippen LogP contribution in [0.2, 0.25) is 0 Å². The summed E-state index contributed by atoms with van der Waals surface area (Å²) < 4.78 is 5.53. The van der Waals surface area contributed by atoms with Gasteiger partial charge >= 0.3 is 0 Å². The van der Waals surface area contributed by atoms with Crippen molar-refractivity contribution in [1.82, 2.24) is 10.2 Å². The second kappa shape index (κ2) is 10.0. The Balaban J connectivity index is 1.60. The standard InChI is InChI=1S/C23H32N4O/c1-4-24-23(26(2)17-19-10-6-5-7-11-19)25-16-20-14-15-27(18-20)21-12-8-9-13-22(21)28-3/h5-13,20H,4,14-18H2,1-3H3,(H,24,25). The lowest BCUT2D eigenvalue weighted by atomic mass is 10.1. The lowest BCUT2D eigenvalue weighted by Gasteiger charge is -2.23. The van der Waals surface area contributed by atoms with Crippen LogP contribution in [0, 0.1) is 5.92 Å². The van der Waals surface area contributed by atoms with Crippen LogP contribution in [0.3, 0.4) is 0 Å². The van der Waals surface area contributed by atoms with Crippen LogP contribution in [0.5, 0.6) is 5.75 Å². The summed E-state index contributed by atoms with van der Waals surface area (Å²) in [7, 11) is 3.84. The highest BCUT2D eigenvalue weighted by Crippen LogP contribution is 2.32. The first-order valence-corrected chi connectivity index (χ1v) is 10.1. The number of hydrogen-bond acceptors (Lipinski definition) is 3. The van der Waals surface area contributed by atoms with Crippen LogP contribution in [-0.4, -0.2) is 51.2 Å². The van der Waals surface area contributed by atoms with Crippen molar-refractivity contribution in [2.24, 2.45) is 10.9 Å². The first kappa shape index (κ1) is 20.1. The first-order valence-electron chi connectivity index (χ1n) is 10.1. The quantitative estimate of drug-likeness (QED) is 0.588. The highest BCUT2D eigenvalue weighted by molar-refractivity contribution is 5.79. The summed E-state index contributed by atoms with van der Waals surface area (Å²) in [4.78, 5) is 9.55. The molecule has 1 fully saturated rings. The van der Waals surface area contributed by atoms with Gasteiger partial charge in [-0.05, 0) is 37.0 Å². The molecule has 0 radical (unpaired) electrons. The molecular formula is C23H32N4O. The Hall–Kier alpha value is -2.69. The Bertz CT molecular complexity index is 762. The molecular weight excluding hydrogens is 348 g/mol. The molecule has 5 nitrogen and oxygen atoms in total. The molecule has 28 heavy (non-hydrogen) atoms. The molecule has 3 rings (SSSR count). The summed E-state index contributed by atoms with van der Waals surface area (Å²) >= 11 is 0. The van der Waals surface area contributed by atoms with Crippen LogP contribution in [0.25, 0.3) is 0 Å².